The van der Waals surface area contributed by atoms with Crippen LogP contribution in [0, 0.1) is 0 Å². The van der Waals surface area contributed by atoms with Crippen LogP contribution in [0.5, 0.6) is 0 Å². The lowest BCUT2D eigenvalue weighted by Gasteiger charge is -2.12. The predicted molar refractivity (Wildman–Crippen MR) is 99.7 cm³/mol. The molecule has 0 aliphatic rings. The largest absolute Gasteiger partial charge is 0.396 e. The van der Waals surface area contributed by atoms with Crippen molar-refractivity contribution in [2.45, 2.75) is 12.8 Å². The molecule has 0 bridgehead atoms. The van der Waals surface area contributed by atoms with Gasteiger partial charge < -0.3 is 15.3 Å². The van der Waals surface area contributed by atoms with E-state index in [4.69, 9.17) is 10.1 Å². The van der Waals surface area contributed by atoms with Gasteiger partial charge in [0.2, 0.25) is 0 Å². The van der Waals surface area contributed by atoms with Crippen LogP contribution in [-0.2, 0) is 0 Å². The molecule has 0 fully saturated rings. The van der Waals surface area contributed by atoms with Gasteiger partial charge in [-0.2, -0.15) is 0 Å². The zero-order valence-corrected chi connectivity index (χ0v) is 14.5. The minimum absolute atomic E-state index is 0.194. The van der Waals surface area contributed by atoms with Crippen LogP contribution in [0.25, 0.3) is 22.3 Å². The number of rotatable bonds is 7. The molecule has 0 aliphatic carbocycles. The molecule has 7 nitrogen and oxygen atoms in total. The molecule has 0 saturated carbocycles. The zero-order valence-electron chi connectivity index (χ0n) is 14.5. The number of hydrogen-bond acceptors (Lipinski definition) is 7. The number of aliphatic hydroxyl groups is 1. The second-order valence-corrected chi connectivity index (χ2v) is 5.94. The molecular weight excluding hydrogens is 316 g/mol. The topological polar surface area (TPSA) is 87.1 Å². The van der Waals surface area contributed by atoms with Gasteiger partial charge in [0, 0.05) is 51.4 Å². The zero-order chi connectivity index (χ0) is 17.6. The maximum absolute atomic E-state index is 8.91. The number of nitrogens with one attached hydrogen (secondary N) is 1. The van der Waals surface area contributed by atoms with E-state index >= 15 is 0 Å². The van der Waals surface area contributed by atoms with E-state index in [9.17, 15) is 0 Å². The number of anilines is 2. The number of fused-ring (bicyclic) bond motifs is 1. The Labute approximate surface area is 146 Å². The normalized spacial score (nSPS) is 10.8. The summed E-state index contributed by atoms with van der Waals surface area (Å²) in [5.41, 5.74) is 3.26. The van der Waals surface area contributed by atoms with Crippen molar-refractivity contribution >= 4 is 22.7 Å². The van der Waals surface area contributed by atoms with Crippen molar-refractivity contribution in [1.82, 2.24) is 19.9 Å². The lowest BCUT2D eigenvalue weighted by atomic mass is 10.1. The van der Waals surface area contributed by atoms with Gasteiger partial charge >= 0.3 is 0 Å². The molecule has 130 valence electrons. The molecule has 0 aromatic carbocycles. The van der Waals surface area contributed by atoms with Gasteiger partial charge in [-0.25, -0.2) is 15.0 Å². The van der Waals surface area contributed by atoms with Crippen LogP contribution >= 0.6 is 0 Å². The monoisotopic (exact) mass is 338 g/mol. The third-order valence-corrected chi connectivity index (χ3v) is 3.84. The Morgan fingerprint density at radius 3 is 2.64 bits per heavy atom. The highest BCUT2D eigenvalue weighted by molar-refractivity contribution is 5.88. The van der Waals surface area contributed by atoms with Gasteiger partial charge in [-0.3, -0.25) is 4.98 Å². The van der Waals surface area contributed by atoms with E-state index in [0.29, 0.717) is 5.82 Å². The summed E-state index contributed by atoms with van der Waals surface area (Å²) in [5.74, 6) is 1.60. The fraction of sp³-hybridized carbons (Fsp3) is 0.333. The van der Waals surface area contributed by atoms with E-state index < -0.39 is 0 Å². The van der Waals surface area contributed by atoms with E-state index in [2.05, 4.69) is 20.3 Å². The van der Waals surface area contributed by atoms with Crippen molar-refractivity contribution in [1.29, 1.82) is 0 Å². The molecule has 7 heteroatoms. The van der Waals surface area contributed by atoms with Gasteiger partial charge in [-0.15, -0.1) is 0 Å². The van der Waals surface area contributed by atoms with Crippen LogP contribution in [0.4, 0.5) is 11.6 Å². The maximum Gasteiger partial charge on any atom is 0.154 e. The number of pyridine rings is 2. The van der Waals surface area contributed by atoms with Crippen LogP contribution in [0.1, 0.15) is 12.8 Å². The van der Waals surface area contributed by atoms with Crippen molar-refractivity contribution in [3.05, 3.63) is 36.8 Å². The van der Waals surface area contributed by atoms with Crippen molar-refractivity contribution in [3.8, 4) is 11.3 Å². The van der Waals surface area contributed by atoms with E-state index in [-0.39, 0.29) is 6.61 Å². The van der Waals surface area contributed by atoms with Gasteiger partial charge in [0.1, 0.15) is 11.3 Å². The minimum atomic E-state index is 0.194. The summed E-state index contributed by atoms with van der Waals surface area (Å²) in [6.07, 6.45) is 6.77. The number of nitrogens with zero attached hydrogens (tertiary/aromatic N) is 5. The molecule has 0 aliphatic heterocycles. The molecule has 3 aromatic heterocycles. The van der Waals surface area contributed by atoms with Gasteiger partial charge in [0.25, 0.3) is 0 Å². The Kier molecular flexibility index (Phi) is 5.35. The first-order valence-corrected chi connectivity index (χ1v) is 8.29. The van der Waals surface area contributed by atoms with E-state index in [1.54, 1.807) is 12.4 Å². The molecule has 0 saturated heterocycles. The van der Waals surface area contributed by atoms with E-state index in [1.165, 1.54) is 0 Å². The third-order valence-electron chi connectivity index (χ3n) is 3.84. The minimum Gasteiger partial charge on any atom is -0.396 e. The molecule has 3 heterocycles. The lowest BCUT2D eigenvalue weighted by molar-refractivity contribution is 0.286. The Bertz CT molecular complexity index is 835. The summed E-state index contributed by atoms with van der Waals surface area (Å²) in [6.45, 7) is 0.917. The molecule has 3 aromatic rings. The molecular formula is C18H22N6O. The number of hydrogen-bond donors (Lipinski definition) is 2. The van der Waals surface area contributed by atoms with Gasteiger partial charge in [-0.1, -0.05) is 0 Å². The van der Waals surface area contributed by atoms with Gasteiger partial charge in [0.05, 0.1) is 11.2 Å². The van der Waals surface area contributed by atoms with Gasteiger partial charge in [-0.05, 0) is 31.0 Å². The van der Waals surface area contributed by atoms with Crippen LogP contribution in [0.2, 0.25) is 0 Å². The standard InChI is InChI=1S/C18H22N6O/c1-24(2)16-6-5-13(12-22-16)14-11-15-17(20-9-8-19-15)18(23-14)21-7-3-4-10-25/h5-6,8-9,11-12,25H,3-4,7,10H2,1-2H3,(H,21,23). The Morgan fingerprint density at radius 1 is 1.08 bits per heavy atom. The van der Waals surface area contributed by atoms with Crippen LogP contribution in [0.15, 0.2) is 36.8 Å². The van der Waals surface area contributed by atoms with Crippen LogP contribution in [0.3, 0.4) is 0 Å². The van der Waals surface area contributed by atoms with Crippen molar-refractivity contribution in [3.63, 3.8) is 0 Å². The van der Waals surface area contributed by atoms with Crippen LogP contribution in [-0.4, -0.2) is 52.3 Å². The summed E-state index contributed by atoms with van der Waals surface area (Å²) in [6, 6.07) is 5.89. The molecule has 0 unspecified atom stereocenters. The Hall–Kier alpha value is -2.80. The van der Waals surface area contributed by atoms with Gasteiger partial charge in [0.15, 0.2) is 5.82 Å². The molecule has 2 N–H and O–H groups in total. The first-order chi connectivity index (χ1) is 12.2. The Morgan fingerprint density at radius 2 is 1.92 bits per heavy atom. The average molecular weight is 338 g/mol. The predicted octanol–water partition coefficient (Wildman–Crippen LogP) is 2.34. The van der Waals surface area contributed by atoms with Crippen molar-refractivity contribution < 1.29 is 5.11 Å². The van der Waals surface area contributed by atoms with Crippen molar-refractivity contribution in [2.75, 3.05) is 37.5 Å². The quantitative estimate of drug-likeness (QED) is 0.639. The second-order valence-electron chi connectivity index (χ2n) is 5.94. The summed E-state index contributed by atoms with van der Waals surface area (Å²) >= 11 is 0. The first kappa shape index (κ1) is 17.0. The Balaban J connectivity index is 1.95. The average Bonchev–Trinajstić information content (AvgIpc) is 2.65. The van der Waals surface area contributed by atoms with E-state index in [1.807, 2.05) is 43.4 Å². The summed E-state index contributed by atoms with van der Waals surface area (Å²) in [5, 5.41) is 12.2. The fourth-order valence-corrected chi connectivity index (χ4v) is 2.49. The lowest BCUT2D eigenvalue weighted by Crippen LogP contribution is -2.10. The SMILES string of the molecule is CN(C)c1ccc(-c2cc3nccnc3c(NCCCCO)n2)cn1. The molecule has 0 amide bonds. The highest BCUT2D eigenvalue weighted by atomic mass is 16.2. The molecule has 0 spiro atoms. The summed E-state index contributed by atoms with van der Waals surface area (Å²) in [4.78, 5) is 19.9. The molecule has 0 atom stereocenters. The number of unbranched alkanes of at least 4 members (excludes halogenated alkanes) is 1. The third kappa shape index (κ3) is 4.00. The summed E-state index contributed by atoms with van der Waals surface area (Å²) in [7, 11) is 3.92. The smallest absolute Gasteiger partial charge is 0.154 e. The first-order valence-electron chi connectivity index (χ1n) is 8.29. The highest BCUT2D eigenvalue weighted by Gasteiger charge is 2.10. The second kappa shape index (κ2) is 7.85. The maximum atomic E-state index is 8.91. The van der Waals surface area contributed by atoms with Crippen molar-refractivity contribution in [2.24, 2.45) is 0 Å². The van der Waals surface area contributed by atoms with Crippen LogP contribution < -0.4 is 10.2 Å². The number of aliphatic hydroxyl groups excluding tert-OH is 1. The number of aromatic nitrogens is 4. The molecule has 25 heavy (non-hydrogen) atoms. The fourth-order valence-electron chi connectivity index (χ4n) is 2.49. The molecule has 0 radical (unpaired) electrons. The van der Waals surface area contributed by atoms with E-state index in [0.717, 1.165) is 47.5 Å². The molecule has 3 rings (SSSR count). The highest BCUT2D eigenvalue weighted by Crippen LogP contribution is 2.25. The summed E-state index contributed by atoms with van der Waals surface area (Å²) < 4.78 is 0.